The number of carbonyl (C=O) groups excluding carboxylic acids is 1. The molecule has 0 spiro atoms. The molecule has 1 aromatic rings. The van der Waals surface area contributed by atoms with Gasteiger partial charge in [-0.1, -0.05) is 18.2 Å². The van der Waals surface area contributed by atoms with E-state index in [4.69, 9.17) is 11.6 Å². The molecule has 1 saturated carbocycles. The molecule has 6 nitrogen and oxygen atoms in total. The first-order valence-electron chi connectivity index (χ1n) is 5.88. The monoisotopic (exact) mass is 283 g/mol. The van der Waals surface area contributed by atoms with E-state index in [1.165, 1.54) is 11.6 Å². The fourth-order valence-electron chi connectivity index (χ4n) is 1.74. The number of hydrogen-bond acceptors (Lipinski definition) is 3. The SMILES string of the molecule is C=CC(=O)Nc1c(Cl)n(CC2CC2)c(=O)n(C)c1=O. The molecule has 1 fully saturated rings. The Balaban J connectivity index is 2.55. The molecule has 102 valence electrons. The van der Waals surface area contributed by atoms with Crippen LogP contribution in [0.2, 0.25) is 5.15 Å². The van der Waals surface area contributed by atoms with Gasteiger partial charge in [0.05, 0.1) is 0 Å². The zero-order valence-electron chi connectivity index (χ0n) is 10.5. The Bertz CT molecular complexity index is 655. The highest BCUT2D eigenvalue weighted by atomic mass is 35.5. The minimum Gasteiger partial charge on any atom is -0.315 e. The molecule has 0 aromatic carbocycles. The predicted molar refractivity (Wildman–Crippen MR) is 72.5 cm³/mol. The highest BCUT2D eigenvalue weighted by Gasteiger charge is 2.25. The molecule has 0 unspecified atom stereocenters. The number of aromatic nitrogens is 2. The normalized spacial score (nSPS) is 14.2. The number of rotatable bonds is 4. The second-order valence-corrected chi connectivity index (χ2v) is 4.92. The summed E-state index contributed by atoms with van der Waals surface area (Å²) in [5.41, 5.74) is -1.19. The van der Waals surface area contributed by atoms with Crippen molar-refractivity contribution in [3.8, 4) is 0 Å². The van der Waals surface area contributed by atoms with Gasteiger partial charge in [-0.15, -0.1) is 0 Å². The Kier molecular flexibility index (Phi) is 3.61. The standard InChI is InChI=1S/C12H14ClN3O3/c1-3-8(17)14-9-10(13)16(6-7-4-5-7)12(19)15(2)11(9)18/h3,7H,1,4-6H2,2H3,(H,14,17). The van der Waals surface area contributed by atoms with Gasteiger partial charge in [0.15, 0.2) is 0 Å². The summed E-state index contributed by atoms with van der Waals surface area (Å²) in [5.74, 6) is -0.133. The van der Waals surface area contributed by atoms with Crippen LogP contribution >= 0.6 is 11.6 Å². The van der Waals surface area contributed by atoms with Crippen LogP contribution in [0.5, 0.6) is 0 Å². The fourth-order valence-corrected chi connectivity index (χ4v) is 2.01. The van der Waals surface area contributed by atoms with Gasteiger partial charge in [0.1, 0.15) is 10.8 Å². The molecule has 0 radical (unpaired) electrons. The van der Waals surface area contributed by atoms with E-state index in [1.54, 1.807) is 0 Å². The molecular weight excluding hydrogens is 270 g/mol. The van der Waals surface area contributed by atoms with Crippen LogP contribution in [0.3, 0.4) is 0 Å². The first-order valence-corrected chi connectivity index (χ1v) is 6.26. The lowest BCUT2D eigenvalue weighted by Gasteiger charge is -2.13. The topological polar surface area (TPSA) is 73.1 Å². The van der Waals surface area contributed by atoms with E-state index < -0.39 is 17.2 Å². The maximum absolute atomic E-state index is 12.0. The summed E-state index contributed by atoms with van der Waals surface area (Å²) in [6, 6.07) is 0. The van der Waals surface area contributed by atoms with Crippen LogP contribution in [0.15, 0.2) is 22.2 Å². The molecule has 1 heterocycles. The molecule has 19 heavy (non-hydrogen) atoms. The van der Waals surface area contributed by atoms with E-state index in [9.17, 15) is 14.4 Å². The molecule has 7 heteroatoms. The van der Waals surface area contributed by atoms with Gasteiger partial charge >= 0.3 is 5.69 Å². The van der Waals surface area contributed by atoms with Crippen LogP contribution in [-0.4, -0.2) is 15.0 Å². The van der Waals surface area contributed by atoms with Gasteiger partial charge in [-0.3, -0.25) is 18.7 Å². The van der Waals surface area contributed by atoms with Gasteiger partial charge in [-0.25, -0.2) is 4.79 Å². The average Bonchev–Trinajstić information content (AvgIpc) is 3.21. The van der Waals surface area contributed by atoms with Gasteiger partial charge in [-0.2, -0.15) is 0 Å². The molecule has 1 aliphatic carbocycles. The third-order valence-corrected chi connectivity index (χ3v) is 3.44. The number of carbonyl (C=O) groups is 1. The largest absolute Gasteiger partial charge is 0.331 e. The minimum atomic E-state index is -0.628. The van der Waals surface area contributed by atoms with Crippen molar-refractivity contribution >= 4 is 23.2 Å². The van der Waals surface area contributed by atoms with E-state index in [0.29, 0.717) is 12.5 Å². The van der Waals surface area contributed by atoms with Crippen molar-refractivity contribution in [2.24, 2.45) is 13.0 Å². The maximum atomic E-state index is 12.0. The number of hydrogen-bond donors (Lipinski definition) is 1. The Labute approximate surface area is 114 Å². The second kappa shape index (κ2) is 5.05. The van der Waals surface area contributed by atoms with Crippen molar-refractivity contribution in [2.75, 3.05) is 5.32 Å². The Hall–Kier alpha value is -1.82. The van der Waals surface area contributed by atoms with Gasteiger partial charge in [0.25, 0.3) is 5.56 Å². The van der Waals surface area contributed by atoms with Crippen LogP contribution in [0, 0.1) is 5.92 Å². The quantitative estimate of drug-likeness (QED) is 0.654. The summed E-state index contributed by atoms with van der Waals surface area (Å²) in [6.07, 6.45) is 3.12. The number of nitrogens with zero attached hydrogens (tertiary/aromatic N) is 2. The average molecular weight is 284 g/mol. The molecule has 1 aliphatic rings. The summed E-state index contributed by atoms with van der Waals surface area (Å²) < 4.78 is 2.26. The summed E-state index contributed by atoms with van der Waals surface area (Å²) in [6.45, 7) is 3.77. The van der Waals surface area contributed by atoms with Crippen molar-refractivity contribution in [1.82, 2.24) is 9.13 Å². The molecule has 0 saturated heterocycles. The van der Waals surface area contributed by atoms with Gasteiger partial charge < -0.3 is 5.32 Å². The van der Waals surface area contributed by atoms with E-state index in [0.717, 1.165) is 23.5 Å². The summed E-state index contributed by atoms with van der Waals surface area (Å²) in [7, 11) is 1.36. The fraction of sp³-hybridized carbons (Fsp3) is 0.417. The van der Waals surface area contributed by atoms with Crippen LogP contribution < -0.4 is 16.6 Å². The molecule has 0 atom stereocenters. The van der Waals surface area contributed by atoms with Crippen molar-refractivity contribution in [3.63, 3.8) is 0 Å². The molecule has 0 aliphatic heterocycles. The minimum absolute atomic E-state index is 0.0322. The van der Waals surface area contributed by atoms with E-state index in [1.807, 2.05) is 0 Å². The van der Waals surface area contributed by atoms with E-state index in [2.05, 4.69) is 11.9 Å². The van der Waals surface area contributed by atoms with Crippen molar-refractivity contribution in [2.45, 2.75) is 19.4 Å². The summed E-state index contributed by atoms with van der Waals surface area (Å²) in [4.78, 5) is 35.2. The highest BCUT2D eigenvalue weighted by Crippen LogP contribution is 2.31. The third-order valence-electron chi connectivity index (χ3n) is 3.05. The van der Waals surface area contributed by atoms with Crippen molar-refractivity contribution in [1.29, 1.82) is 0 Å². The number of anilines is 1. The lowest BCUT2D eigenvalue weighted by molar-refractivity contribution is -0.111. The molecule has 1 N–H and O–H groups in total. The van der Waals surface area contributed by atoms with Crippen LogP contribution in [0.4, 0.5) is 5.69 Å². The molecular formula is C12H14ClN3O3. The first-order chi connectivity index (χ1) is 8.95. The van der Waals surface area contributed by atoms with E-state index >= 15 is 0 Å². The van der Waals surface area contributed by atoms with Gasteiger partial charge in [-0.05, 0) is 24.8 Å². The summed E-state index contributed by atoms with van der Waals surface area (Å²) in [5, 5.41) is 2.32. The van der Waals surface area contributed by atoms with Crippen molar-refractivity contribution in [3.05, 3.63) is 38.6 Å². The molecule has 1 aromatic heterocycles. The van der Waals surface area contributed by atoms with Crippen LogP contribution in [0.25, 0.3) is 0 Å². The third kappa shape index (κ3) is 2.63. The van der Waals surface area contributed by atoms with Crippen LogP contribution in [0.1, 0.15) is 12.8 Å². The summed E-state index contributed by atoms with van der Waals surface area (Å²) >= 11 is 6.06. The number of halogens is 1. The Morgan fingerprint density at radius 2 is 2.16 bits per heavy atom. The smallest absolute Gasteiger partial charge is 0.315 e. The Morgan fingerprint density at radius 3 is 2.68 bits per heavy atom. The zero-order valence-corrected chi connectivity index (χ0v) is 11.2. The predicted octanol–water partition coefficient (Wildman–Crippen LogP) is 0.735. The second-order valence-electron chi connectivity index (χ2n) is 4.56. The van der Waals surface area contributed by atoms with Crippen LogP contribution in [-0.2, 0) is 18.4 Å². The molecule has 0 bridgehead atoms. The van der Waals surface area contributed by atoms with E-state index in [-0.39, 0.29) is 10.8 Å². The number of amides is 1. The molecule has 2 rings (SSSR count). The maximum Gasteiger partial charge on any atom is 0.331 e. The van der Waals surface area contributed by atoms with Crippen molar-refractivity contribution < 1.29 is 4.79 Å². The lowest BCUT2D eigenvalue weighted by Crippen LogP contribution is -2.40. The molecule has 1 amide bonds. The number of nitrogens with one attached hydrogen (secondary N) is 1. The Morgan fingerprint density at radius 1 is 1.53 bits per heavy atom. The lowest BCUT2D eigenvalue weighted by atomic mass is 10.4. The zero-order chi connectivity index (χ0) is 14.2. The van der Waals surface area contributed by atoms with Gasteiger partial charge in [0, 0.05) is 13.6 Å². The van der Waals surface area contributed by atoms with Gasteiger partial charge in [0.2, 0.25) is 5.91 Å². The first kappa shape index (κ1) is 13.6. The highest BCUT2D eigenvalue weighted by molar-refractivity contribution is 6.32.